The van der Waals surface area contributed by atoms with Gasteiger partial charge >= 0.3 is 0 Å². The van der Waals surface area contributed by atoms with Crippen LogP contribution >= 0.6 is 0 Å². The molecule has 19 heavy (non-hydrogen) atoms. The van der Waals surface area contributed by atoms with Crippen molar-refractivity contribution >= 4 is 11.6 Å². The lowest BCUT2D eigenvalue weighted by molar-refractivity contribution is -0.384. The van der Waals surface area contributed by atoms with Gasteiger partial charge in [-0.15, -0.1) is 0 Å². The van der Waals surface area contributed by atoms with Crippen LogP contribution in [0.4, 0.5) is 5.69 Å². The van der Waals surface area contributed by atoms with Crippen LogP contribution in [0, 0.1) is 10.1 Å². The first-order chi connectivity index (χ1) is 9.09. The number of amides is 1. The van der Waals surface area contributed by atoms with Gasteiger partial charge in [0.1, 0.15) is 0 Å². The highest BCUT2D eigenvalue weighted by molar-refractivity contribution is 5.93. The van der Waals surface area contributed by atoms with Gasteiger partial charge in [0, 0.05) is 17.7 Å². The van der Waals surface area contributed by atoms with Crippen LogP contribution in [-0.2, 0) is 0 Å². The number of hydroxylamine groups is 2. The minimum atomic E-state index is -0.522. The van der Waals surface area contributed by atoms with Gasteiger partial charge in [-0.3, -0.25) is 20.1 Å². The van der Waals surface area contributed by atoms with E-state index >= 15 is 0 Å². The van der Waals surface area contributed by atoms with Crippen LogP contribution in [0.5, 0.6) is 0 Å². The van der Waals surface area contributed by atoms with E-state index in [1.54, 1.807) is 0 Å². The molecule has 0 unspecified atom stereocenters. The lowest BCUT2D eigenvalue weighted by Gasteiger charge is -2.29. The fourth-order valence-corrected chi connectivity index (χ4v) is 2.35. The van der Waals surface area contributed by atoms with Gasteiger partial charge in [-0.05, 0) is 25.0 Å². The SMILES string of the molecule is O=C(c1ccc([N+](=O)[O-])cc1)N(O)C1CCCCC1. The average Bonchev–Trinajstić information content (AvgIpc) is 2.46. The number of nitro benzene ring substituents is 1. The number of hydrogen-bond acceptors (Lipinski definition) is 4. The number of nitrogens with zero attached hydrogens (tertiary/aromatic N) is 2. The standard InChI is InChI=1S/C13H16N2O4/c16-13(14(17)11-4-2-1-3-5-11)10-6-8-12(9-7-10)15(18)19/h6-9,11,17H,1-5H2. The number of hydrogen-bond donors (Lipinski definition) is 1. The van der Waals surface area contributed by atoms with Crippen LogP contribution < -0.4 is 0 Å². The van der Waals surface area contributed by atoms with Crippen molar-refractivity contribution < 1.29 is 14.9 Å². The summed E-state index contributed by atoms with van der Waals surface area (Å²) >= 11 is 0. The quantitative estimate of drug-likeness (QED) is 0.517. The molecule has 0 aromatic heterocycles. The van der Waals surface area contributed by atoms with Gasteiger partial charge in [-0.25, -0.2) is 5.06 Å². The van der Waals surface area contributed by atoms with Crippen LogP contribution in [0.25, 0.3) is 0 Å². The summed E-state index contributed by atoms with van der Waals surface area (Å²) in [6.07, 6.45) is 4.76. The second-order valence-corrected chi connectivity index (χ2v) is 4.75. The van der Waals surface area contributed by atoms with E-state index < -0.39 is 10.8 Å². The molecule has 1 amide bonds. The van der Waals surface area contributed by atoms with Crippen molar-refractivity contribution in [3.05, 3.63) is 39.9 Å². The number of benzene rings is 1. The van der Waals surface area contributed by atoms with E-state index in [2.05, 4.69) is 0 Å². The molecule has 0 heterocycles. The molecule has 1 N–H and O–H groups in total. The molecular formula is C13H16N2O4. The Morgan fingerprint density at radius 1 is 1.21 bits per heavy atom. The molecule has 0 aliphatic heterocycles. The molecule has 0 spiro atoms. The van der Waals surface area contributed by atoms with Crippen LogP contribution in [0.15, 0.2) is 24.3 Å². The number of nitro groups is 1. The largest absolute Gasteiger partial charge is 0.285 e. The summed E-state index contributed by atoms with van der Waals surface area (Å²) in [6.45, 7) is 0. The van der Waals surface area contributed by atoms with Crippen LogP contribution in [-0.4, -0.2) is 27.1 Å². The maximum atomic E-state index is 12.0. The highest BCUT2D eigenvalue weighted by atomic mass is 16.6. The fourth-order valence-electron chi connectivity index (χ4n) is 2.35. The second kappa shape index (κ2) is 5.79. The van der Waals surface area contributed by atoms with Gasteiger partial charge < -0.3 is 0 Å². The first kappa shape index (κ1) is 13.5. The molecule has 6 nitrogen and oxygen atoms in total. The van der Waals surface area contributed by atoms with E-state index in [0.29, 0.717) is 0 Å². The molecule has 0 radical (unpaired) electrons. The summed E-state index contributed by atoms with van der Waals surface area (Å²) < 4.78 is 0. The van der Waals surface area contributed by atoms with Crippen molar-refractivity contribution in [2.75, 3.05) is 0 Å². The third-order valence-electron chi connectivity index (χ3n) is 3.45. The molecule has 0 saturated heterocycles. The zero-order chi connectivity index (χ0) is 13.8. The molecule has 0 atom stereocenters. The predicted molar refractivity (Wildman–Crippen MR) is 67.9 cm³/mol. The van der Waals surface area contributed by atoms with Gasteiger partial charge in [-0.1, -0.05) is 19.3 Å². The number of non-ortho nitro benzene ring substituents is 1. The third-order valence-corrected chi connectivity index (χ3v) is 3.45. The second-order valence-electron chi connectivity index (χ2n) is 4.75. The van der Waals surface area contributed by atoms with E-state index in [1.165, 1.54) is 24.3 Å². The Morgan fingerprint density at radius 3 is 2.32 bits per heavy atom. The van der Waals surface area contributed by atoms with Crippen molar-refractivity contribution in [1.29, 1.82) is 0 Å². The molecule has 1 fully saturated rings. The van der Waals surface area contributed by atoms with E-state index in [0.717, 1.165) is 37.2 Å². The molecular weight excluding hydrogens is 248 g/mol. The van der Waals surface area contributed by atoms with E-state index in [9.17, 15) is 20.1 Å². The first-order valence-corrected chi connectivity index (χ1v) is 6.36. The average molecular weight is 264 g/mol. The summed E-state index contributed by atoms with van der Waals surface area (Å²) in [7, 11) is 0. The van der Waals surface area contributed by atoms with Crippen molar-refractivity contribution in [3.63, 3.8) is 0 Å². The van der Waals surface area contributed by atoms with E-state index in [1.807, 2.05) is 0 Å². The number of rotatable bonds is 3. The Morgan fingerprint density at radius 2 is 1.79 bits per heavy atom. The van der Waals surface area contributed by atoms with E-state index in [4.69, 9.17) is 0 Å². The van der Waals surface area contributed by atoms with Crippen LogP contribution in [0.2, 0.25) is 0 Å². The number of carbonyl (C=O) groups is 1. The third kappa shape index (κ3) is 3.08. The fraction of sp³-hybridized carbons (Fsp3) is 0.462. The van der Waals surface area contributed by atoms with Gasteiger partial charge in [0.15, 0.2) is 0 Å². The molecule has 1 aromatic rings. The van der Waals surface area contributed by atoms with Crippen LogP contribution in [0.3, 0.4) is 0 Å². The highest BCUT2D eigenvalue weighted by Gasteiger charge is 2.25. The zero-order valence-corrected chi connectivity index (χ0v) is 10.5. The van der Waals surface area contributed by atoms with Crippen molar-refractivity contribution in [1.82, 2.24) is 5.06 Å². The van der Waals surface area contributed by atoms with Crippen molar-refractivity contribution in [3.8, 4) is 0 Å². The Balaban J connectivity index is 2.07. The Kier molecular flexibility index (Phi) is 4.11. The minimum absolute atomic E-state index is 0.0706. The molecule has 1 aromatic carbocycles. The van der Waals surface area contributed by atoms with Gasteiger partial charge in [0.2, 0.25) is 0 Å². The first-order valence-electron chi connectivity index (χ1n) is 6.36. The van der Waals surface area contributed by atoms with Crippen LogP contribution in [0.1, 0.15) is 42.5 Å². The summed E-state index contributed by atoms with van der Waals surface area (Å²) in [4.78, 5) is 22.0. The molecule has 1 aliphatic carbocycles. The molecule has 0 bridgehead atoms. The molecule has 6 heteroatoms. The normalized spacial score (nSPS) is 16.1. The summed E-state index contributed by atoms with van der Waals surface area (Å²) in [5, 5.41) is 21.2. The molecule has 1 aliphatic rings. The lowest BCUT2D eigenvalue weighted by Crippen LogP contribution is -2.38. The molecule has 2 rings (SSSR count). The molecule has 1 saturated carbocycles. The maximum Gasteiger partial charge on any atom is 0.277 e. The Labute approximate surface area is 110 Å². The maximum absolute atomic E-state index is 12.0. The molecule has 102 valence electrons. The smallest absolute Gasteiger partial charge is 0.277 e. The van der Waals surface area contributed by atoms with E-state index in [-0.39, 0.29) is 17.3 Å². The van der Waals surface area contributed by atoms with Gasteiger partial charge in [0.05, 0.1) is 11.0 Å². The Hall–Kier alpha value is -1.95. The summed E-state index contributed by atoms with van der Waals surface area (Å²) in [5.74, 6) is -0.498. The van der Waals surface area contributed by atoms with Crippen molar-refractivity contribution in [2.45, 2.75) is 38.1 Å². The minimum Gasteiger partial charge on any atom is -0.285 e. The van der Waals surface area contributed by atoms with Crippen molar-refractivity contribution in [2.24, 2.45) is 0 Å². The predicted octanol–water partition coefficient (Wildman–Crippen LogP) is 2.76. The number of carbonyl (C=O) groups excluding carboxylic acids is 1. The monoisotopic (exact) mass is 264 g/mol. The zero-order valence-electron chi connectivity index (χ0n) is 10.5. The Bertz CT molecular complexity index is 466. The summed E-state index contributed by atoms with van der Waals surface area (Å²) in [5.41, 5.74) is 0.192. The highest BCUT2D eigenvalue weighted by Crippen LogP contribution is 2.23. The summed E-state index contributed by atoms with van der Waals surface area (Å²) in [6, 6.07) is 5.12. The topological polar surface area (TPSA) is 83.7 Å². The lowest BCUT2D eigenvalue weighted by atomic mass is 9.95. The van der Waals surface area contributed by atoms with Gasteiger partial charge in [0.25, 0.3) is 11.6 Å². The van der Waals surface area contributed by atoms with Gasteiger partial charge in [-0.2, -0.15) is 0 Å².